The highest BCUT2D eigenvalue weighted by Gasteiger charge is 2.34. The molecule has 4 amide bonds. The minimum Gasteiger partial charge on any atom is -0.325 e. The van der Waals surface area contributed by atoms with Crippen molar-refractivity contribution in [2.75, 3.05) is 11.9 Å². The van der Waals surface area contributed by atoms with E-state index in [2.05, 4.69) is 10.6 Å². The molecule has 1 aliphatic rings. The second-order valence-corrected chi connectivity index (χ2v) is 7.29. The zero-order valence-electron chi connectivity index (χ0n) is 17.0. The average Bonchev–Trinajstić information content (AvgIpc) is 3.02. The number of carbonyl (C=O) groups is 3. The summed E-state index contributed by atoms with van der Waals surface area (Å²) in [5.74, 6) is -0.976. The summed E-state index contributed by atoms with van der Waals surface area (Å²) in [6.45, 7) is 1.55. The van der Waals surface area contributed by atoms with Crippen molar-refractivity contribution in [1.82, 2.24) is 10.2 Å². The Bertz CT molecular complexity index is 1190. The molecule has 1 heterocycles. The van der Waals surface area contributed by atoms with Gasteiger partial charge in [-0.3, -0.25) is 9.59 Å². The molecule has 1 fully saturated rings. The Morgan fingerprint density at radius 1 is 0.935 bits per heavy atom. The number of hydrogen-bond donors (Lipinski definition) is 2. The number of anilines is 1. The van der Waals surface area contributed by atoms with Crippen molar-refractivity contribution < 1.29 is 14.4 Å². The average molecular weight is 411 g/mol. The van der Waals surface area contributed by atoms with Gasteiger partial charge >= 0.3 is 6.03 Å². The van der Waals surface area contributed by atoms with Crippen molar-refractivity contribution in [3.8, 4) is 11.1 Å². The number of aryl methyl sites for hydroxylation is 1. The first kappa shape index (κ1) is 20.1. The van der Waals surface area contributed by atoms with Crippen LogP contribution in [0.2, 0.25) is 0 Å². The van der Waals surface area contributed by atoms with Crippen molar-refractivity contribution >= 4 is 29.6 Å². The van der Waals surface area contributed by atoms with E-state index in [1.54, 1.807) is 12.1 Å². The molecule has 3 aromatic rings. The van der Waals surface area contributed by atoms with Gasteiger partial charge < -0.3 is 10.6 Å². The van der Waals surface area contributed by atoms with E-state index >= 15 is 0 Å². The quantitative estimate of drug-likeness (QED) is 0.488. The van der Waals surface area contributed by atoms with E-state index in [0.29, 0.717) is 5.69 Å². The fraction of sp³-hybridized carbons (Fsp3) is 0.0800. The second kappa shape index (κ2) is 8.67. The van der Waals surface area contributed by atoms with E-state index in [9.17, 15) is 14.4 Å². The third-order valence-corrected chi connectivity index (χ3v) is 4.87. The fourth-order valence-corrected chi connectivity index (χ4v) is 3.39. The van der Waals surface area contributed by atoms with E-state index < -0.39 is 17.8 Å². The van der Waals surface area contributed by atoms with Crippen LogP contribution in [0.15, 0.2) is 84.6 Å². The summed E-state index contributed by atoms with van der Waals surface area (Å²) in [5, 5.41) is 5.27. The third kappa shape index (κ3) is 4.70. The normalized spacial score (nSPS) is 14.6. The molecular formula is C25H21N3O3. The predicted molar refractivity (Wildman–Crippen MR) is 120 cm³/mol. The molecule has 6 heteroatoms. The predicted octanol–water partition coefficient (Wildman–Crippen LogP) is 4.19. The number of nitrogens with one attached hydrogen (secondary N) is 2. The van der Waals surface area contributed by atoms with Crippen LogP contribution in [0.3, 0.4) is 0 Å². The largest absolute Gasteiger partial charge is 0.329 e. The van der Waals surface area contributed by atoms with Gasteiger partial charge in [0.25, 0.3) is 5.91 Å². The summed E-state index contributed by atoms with van der Waals surface area (Å²) in [6, 6.07) is 24.2. The van der Waals surface area contributed by atoms with Crippen LogP contribution in [0.5, 0.6) is 0 Å². The number of urea groups is 1. The van der Waals surface area contributed by atoms with Crippen molar-refractivity contribution in [3.63, 3.8) is 0 Å². The lowest BCUT2D eigenvalue weighted by Gasteiger charge is -2.12. The van der Waals surface area contributed by atoms with Crippen molar-refractivity contribution in [2.45, 2.75) is 6.92 Å². The summed E-state index contributed by atoms with van der Waals surface area (Å²) in [7, 11) is 0. The monoisotopic (exact) mass is 411 g/mol. The van der Waals surface area contributed by atoms with Crippen LogP contribution in [0.25, 0.3) is 17.2 Å². The molecular weight excluding hydrogens is 390 g/mol. The van der Waals surface area contributed by atoms with Gasteiger partial charge in [0.1, 0.15) is 12.2 Å². The summed E-state index contributed by atoms with van der Waals surface area (Å²) in [4.78, 5) is 38.2. The van der Waals surface area contributed by atoms with E-state index in [1.807, 2.05) is 79.7 Å². The summed E-state index contributed by atoms with van der Waals surface area (Å²) in [5.41, 5.74) is 4.58. The number of rotatable bonds is 5. The lowest BCUT2D eigenvalue weighted by atomic mass is 10.0. The Kier molecular flexibility index (Phi) is 5.62. The van der Waals surface area contributed by atoms with Gasteiger partial charge in [0.05, 0.1) is 0 Å². The molecule has 1 aliphatic heterocycles. The zero-order valence-corrected chi connectivity index (χ0v) is 17.0. The second-order valence-electron chi connectivity index (χ2n) is 7.29. The molecule has 0 bridgehead atoms. The Morgan fingerprint density at radius 2 is 1.68 bits per heavy atom. The Hall–Kier alpha value is -4.19. The van der Waals surface area contributed by atoms with Crippen molar-refractivity contribution in [3.05, 3.63) is 95.7 Å². The van der Waals surface area contributed by atoms with Gasteiger partial charge in [0.2, 0.25) is 5.91 Å². The maximum absolute atomic E-state index is 12.7. The minimum absolute atomic E-state index is 0.138. The van der Waals surface area contributed by atoms with Crippen LogP contribution in [0.4, 0.5) is 10.5 Å². The Morgan fingerprint density at radius 3 is 2.45 bits per heavy atom. The summed E-state index contributed by atoms with van der Waals surface area (Å²) < 4.78 is 0. The molecule has 0 aliphatic carbocycles. The SMILES string of the molecule is Cc1cccc(NC(=O)CN2C(=O)N/C(=C\c3cccc(-c4ccccc4)c3)C2=O)c1. The lowest BCUT2D eigenvalue weighted by Crippen LogP contribution is -2.38. The molecule has 3 aromatic carbocycles. The Labute approximate surface area is 180 Å². The molecule has 6 nitrogen and oxygen atoms in total. The number of amides is 4. The maximum atomic E-state index is 12.7. The van der Waals surface area contributed by atoms with Gasteiger partial charge in [-0.05, 0) is 53.5 Å². The van der Waals surface area contributed by atoms with Crippen LogP contribution >= 0.6 is 0 Å². The van der Waals surface area contributed by atoms with E-state index in [0.717, 1.165) is 27.2 Å². The van der Waals surface area contributed by atoms with Gasteiger partial charge in [0, 0.05) is 5.69 Å². The highest BCUT2D eigenvalue weighted by atomic mass is 16.2. The number of nitrogens with zero attached hydrogens (tertiary/aromatic N) is 1. The first-order chi connectivity index (χ1) is 15.0. The van der Waals surface area contributed by atoms with Crippen LogP contribution in [-0.2, 0) is 9.59 Å². The fourth-order valence-electron chi connectivity index (χ4n) is 3.39. The molecule has 0 aromatic heterocycles. The van der Waals surface area contributed by atoms with Gasteiger partial charge in [-0.15, -0.1) is 0 Å². The van der Waals surface area contributed by atoms with E-state index in [4.69, 9.17) is 0 Å². The summed E-state index contributed by atoms with van der Waals surface area (Å²) >= 11 is 0. The van der Waals surface area contributed by atoms with Gasteiger partial charge in [-0.25, -0.2) is 9.69 Å². The standard InChI is InChI=1S/C25H21N3O3/c1-17-7-5-12-21(13-17)26-23(29)16-28-24(30)22(27-25(28)31)15-18-8-6-11-20(14-18)19-9-3-2-4-10-19/h2-15H,16H2,1H3,(H,26,29)(H,27,31)/b22-15-. The van der Waals surface area contributed by atoms with Gasteiger partial charge in [0.15, 0.2) is 0 Å². The molecule has 0 radical (unpaired) electrons. The first-order valence-corrected chi connectivity index (χ1v) is 9.86. The molecule has 0 saturated carbocycles. The van der Waals surface area contributed by atoms with Crippen LogP contribution in [0, 0.1) is 6.92 Å². The maximum Gasteiger partial charge on any atom is 0.329 e. The van der Waals surface area contributed by atoms with Crippen LogP contribution in [0.1, 0.15) is 11.1 Å². The van der Waals surface area contributed by atoms with Crippen LogP contribution in [-0.4, -0.2) is 29.3 Å². The summed E-state index contributed by atoms with van der Waals surface area (Å²) in [6.07, 6.45) is 1.62. The van der Waals surface area contributed by atoms with E-state index in [-0.39, 0.29) is 12.2 Å². The van der Waals surface area contributed by atoms with Crippen molar-refractivity contribution in [1.29, 1.82) is 0 Å². The third-order valence-electron chi connectivity index (χ3n) is 4.87. The van der Waals surface area contributed by atoms with Gasteiger partial charge in [-0.2, -0.15) is 0 Å². The smallest absolute Gasteiger partial charge is 0.325 e. The van der Waals surface area contributed by atoms with E-state index in [1.165, 1.54) is 0 Å². The minimum atomic E-state index is -0.616. The molecule has 0 atom stereocenters. The molecule has 4 rings (SSSR count). The molecule has 31 heavy (non-hydrogen) atoms. The topological polar surface area (TPSA) is 78.5 Å². The number of imide groups is 1. The highest BCUT2D eigenvalue weighted by molar-refractivity contribution is 6.16. The van der Waals surface area contributed by atoms with Gasteiger partial charge in [-0.1, -0.05) is 60.7 Å². The number of benzene rings is 3. The first-order valence-electron chi connectivity index (χ1n) is 9.86. The number of carbonyl (C=O) groups excluding carboxylic acids is 3. The van der Waals surface area contributed by atoms with Crippen molar-refractivity contribution in [2.24, 2.45) is 0 Å². The highest BCUT2D eigenvalue weighted by Crippen LogP contribution is 2.22. The zero-order chi connectivity index (χ0) is 21.8. The van der Waals surface area contributed by atoms with Crippen LogP contribution < -0.4 is 10.6 Å². The molecule has 0 unspecified atom stereocenters. The number of hydrogen-bond acceptors (Lipinski definition) is 3. The molecule has 154 valence electrons. The Balaban J connectivity index is 1.48. The lowest BCUT2D eigenvalue weighted by molar-refractivity contribution is -0.127. The molecule has 0 spiro atoms. The molecule has 2 N–H and O–H groups in total. The molecule has 1 saturated heterocycles.